The van der Waals surface area contributed by atoms with E-state index in [4.69, 9.17) is 9.84 Å². The van der Waals surface area contributed by atoms with Crippen LogP contribution in [0.4, 0.5) is 8.78 Å². The van der Waals surface area contributed by atoms with Crippen LogP contribution in [0.3, 0.4) is 0 Å². The number of carbonyl (C=O) groups is 2. The second-order valence-electron chi connectivity index (χ2n) is 4.71. The molecule has 0 fully saturated rings. The van der Waals surface area contributed by atoms with Crippen molar-refractivity contribution in [3.05, 3.63) is 63.6 Å². The zero-order chi connectivity index (χ0) is 17.7. The molecule has 126 valence electrons. The van der Waals surface area contributed by atoms with Crippen molar-refractivity contribution in [2.45, 2.75) is 6.54 Å². The van der Waals surface area contributed by atoms with E-state index >= 15 is 0 Å². The third-order valence-electron chi connectivity index (χ3n) is 3.01. The second kappa shape index (κ2) is 7.87. The van der Waals surface area contributed by atoms with E-state index in [2.05, 4.69) is 21.2 Å². The fourth-order valence-electron chi connectivity index (χ4n) is 1.91. The maximum atomic E-state index is 13.9. The van der Waals surface area contributed by atoms with E-state index in [0.717, 1.165) is 6.07 Å². The minimum Gasteiger partial charge on any atom is -0.481 e. The van der Waals surface area contributed by atoms with E-state index in [-0.39, 0.29) is 17.9 Å². The quantitative estimate of drug-likeness (QED) is 0.782. The number of hydrogen-bond donors (Lipinski definition) is 2. The van der Waals surface area contributed by atoms with E-state index in [1.807, 2.05) is 0 Å². The Labute approximate surface area is 144 Å². The van der Waals surface area contributed by atoms with Crippen LogP contribution in [0.25, 0.3) is 0 Å². The molecule has 2 rings (SSSR count). The summed E-state index contributed by atoms with van der Waals surface area (Å²) in [6.45, 7) is -0.879. The van der Waals surface area contributed by atoms with E-state index in [1.54, 1.807) is 6.07 Å². The first-order valence-electron chi connectivity index (χ1n) is 6.73. The Balaban J connectivity index is 2.15. The van der Waals surface area contributed by atoms with Gasteiger partial charge in [-0.05, 0) is 24.3 Å². The van der Waals surface area contributed by atoms with Gasteiger partial charge in [0, 0.05) is 16.6 Å². The number of carbonyl (C=O) groups excluding carboxylic acids is 1. The van der Waals surface area contributed by atoms with Gasteiger partial charge >= 0.3 is 5.97 Å². The molecule has 5 nitrogen and oxygen atoms in total. The second-order valence-corrected chi connectivity index (χ2v) is 5.63. The number of carboxylic acids is 1. The average molecular weight is 400 g/mol. The molecule has 2 aromatic carbocycles. The Morgan fingerprint density at radius 1 is 1.17 bits per heavy atom. The SMILES string of the molecule is O=C(O)COc1cccc(F)c1C(=O)NCc1ccc(Br)cc1F. The Kier molecular flexibility index (Phi) is 5.86. The molecule has 0 atom stereocenters. The fourth-order valence-corrected chi connectivity index (χ4v) is 2.25. The van der Waals surface area contributed by atoms with Crippen molar-refractivity contribution in [3.8, 4) is 5.75 Å². The molecular formula is C16H12BrF2NO4. The average Bonchev–Trinajstić information content (AvgIpc) is 2.51. The number of amides is 1. The summed E-state index contributed by atoms with van der Waals surface area (Å²) in [5.74, 6) is -3.70. The first-order valence-corrected chi connectivity index (χ1v) is 7.53. The molecule has 0 radical (unpaired) electrons. The minimum atomic E-state index is -1.26. The number of rotatable bonds is 6. The van der Waals surface area contributed by atoms with E-state index in [1.165, 1.54) is 24.3 Å². The maximum Gasteiger partial charge on any atom is 0.341 e. The van der Waals surface area contributed by atoms with E-state index in [9.17, 15) is 18.4 Å². The van der Waals surface area contributed by atoms with Gasteiger partial charge in [-0.3, -0.25) is 4.79 Å². The molecule has 0 aromatic heterocycles. The van der Waals surface area contributed by atoms with Crippen LogP contribution >= 0.6 is 15.9 Å². The lowest BCUT2D eigenvalue weighted by Crippen LogP contribution is -2.25. The minimum absolute atomic E-state index is 0.162. The predicted molar refractivity (Wildman–Crippen MR) is 84.8 cm³/mol. The predicted octanol–water partition coefficient (Wildman–Crippen LogP) is 3.12. The van der Waals surface area contributed by atoms with Crippen molar-refractivity contribution in [1.29, 1.82) is 0 Å². The number of benzene rings is 2. The largest absolute Gasteiger partial charge is 0.481 e. The zero-order valence-electron chi connectivity index (χ0n) is 12.2. The van der Waals surface area contributed by atoms with Gasteiger partial charge in [0.15, 0.2) is 6.61 Å². The molecule has 24 heavy (non-hydrogen) atoms. The van der Waals surface area contributed by atoms with Crippen LogP contribution in [0, 0.1) is 11.6 Å². The fraction of sp³-hybridized carbons (Fsp3) is 0.125. The third-order valence-corrected chi connectivity index (χ3v) is 3.50. The molecule has 2 aromatic rings. The Bertz CT molecular complexity index is 783. The van der Waals surface area contributed by atoms with Crippen molar-refractivity contribution in [2.75, 3.05) is 6.61 Å². The van der Waals surface area contributed by atoms with Gasteiger partial charge in [-0.25, -0.2) is 13.6 Å². The molecule has 0 heterocycles. The summed E-state index contributed by atoms with van der Waals surface area (Å²) in [5, 5.41) is 11.0. The van der Waals surface area contributed by atoms with Crippen LogP contribution in [-0.4, -0.2) is 23.6 Å². The zero-order valence-corrected chi connectivity index (χ0v) is 13.8. The molecule has 2 N–H and O–H groups in total. The molecule has 0 bridgehead atoms. The van der Waals surface area contributed by atoms with Crippen LogP contribution in [-0.2, 0) is 11.3 Å². The number of halogens is 3. The van der Waals surface area contributed by atoms with Gasteiger partial charge in [-0.15, -0.1) is 0 Å². The molecule has 0 aliphatic carbocycles. The molecule has 1 amide bonds. The summed E-state index contributed by atoms with van der Waals surface area (Å²) in [5.41, 5.74) is -0.216. The highest BCUT2D eigenvalue weighted by Crippen LogP contribution is 2.22. The number of aliphatic carboxylic acids is 1. The van der Waals surface area contributed by atoms with E-state index < -0.39 is 35.7 Å². The summed E-state index contributed by atoms with van der Waals surface area (Å²) < 4.78 is 33.1. The van der Waals surface area contributed by atoms with Gasteiger partial charge in [0.25, 0.3) is 5.91 Å². The van der Waals surface area contributed by atoms with Gasteiger partial charge in [0.2, 0.25) is 0 Å². The molecule has 0 saturated carbocycles. The molecule has 0 aliphatic rings. The van der Waals surface area contributed by atoms with Crippen LogP contribution < -0.4 is 10.1 Å². The Hall–Kier alpha value is -2.48. The van der Waals surface area contributed by atoms with Crippen molar-refractivity contribution in [1.82, 2.24) is 5.32 Å². The van der Waals surface area contributed by atoms with Crippen LogP contribution in [0.5, 0.6) is 5.75 Å². The van der Waals surface area contributed by atoms with Gasteiger partial charge in [0.05, 0.1) is 0 Å². The summed E-state index contributed by atoms with van der Waals surface area (Å²) in [6, 6.07) is 7.94. The lowest BCUT2D eigenvalue weighted by Gasteiger charge is -2.12. The van der Waals surface area contributed by atoms with Crippen molar-refractivity contribution in [2.24, 2.45) is 0 Å². The number of hydrogen-bond acceptors (Lipinski definition) is 3. The monoisotopic (exact) mass is 399 g/mol. The molecule has 0 spiro atoms. The normalized spacial score (nSPS) is 10.3. The first kappa shape index (κ1) is 17.9. The highest BCUT2D eigenvalue weighted by molar-refractivity contribution is 9.10. The highest BCUT2D eigenvalue weighted by Gasteiger charge is 2.19. The number of ether oxygens (including phenoxy) is 1. The Morgan fingerprint density at radius 2 is 1.92 bits per heavy atom. The van der Waals surface area contributed by atoms with Crippen LogP contribution in [0.2, 0.25) is 0 Å². The lowest BCUT2D eigenvalue weighted by molar-refractivity contribution is -0.139. The third kappa shape index (κ3) is 4.51. The first-order chi connectivity index (χ1) is 11.4. The summed E-state index contributed by atoms with van der Waals surface area (Å²) in [7, 11) is 0. The molecule has 0 unspecified atom stereocenters. The lowest BCUT2D eigenvalue weighted by atomic mass is 10.1. The molecule has 8 heteroatoms. The maximum absolute atomic E-state index is 13.9. The summed E-state index contributed by atoms with van der Waals surface area (Å²) >= 11 is 3.12. The summed E-state index contributed by atoms with van der Waals surface area (Å²) in [6.07, 6.45) is 0. The highest BCUT2D eigenvalue weighted by atomic mass is 79.9. The summed E-state index contributed by atoms with van der Waals surface area (Å²) in [4.78, 5) is 22.7. The van der Waals surface area contributed by atoms with Crippen LogP contribution in [0.15, 0.2) is 40.9 Å². The molecule has 0 saturated heterocycles. The van der Waals surface area contributed by atoms with Gasteiger partial charge in [0.1, 0.15) is 22.9 Å². The van der Waals surface area contributed by atoms with Crippen molar-refractivity contribution in [3.63, 3.8) is 0 Å². The molecule has 0 aliphatic heterocycles. The molecular weight excluding hydrogens is 388 g/mol. The van der Waals surface area contributed by atoms with Crippen LogP contribution in [0.1, 0.15) is 15.9 Å². The van der Waals surface area contributed by atoms with Gasteiger partial charge < -0.3 is 15.2 Å². The van der Waals surface area contributed by atoms with E-state index in [0.29, 0.717) is 4.47 Å². The van der Waals surface area contributed by atoms with Gasteiger partial charge in [-0.1, -0.05) is 28.1 Å². The number of nitrogens with one attached hydrogen (secondary N) is 1. The smallest absolute Gasteiger partial charge is 0.341 e. The van der Waals surface area contributed by atoms with Gasteiger partial charge in [-0.2, -0.15) is 0 Å². The standard InChI is InChI=1S/C16H12BrF2NO4/c17-10-5-4-9(12(19)6-10)7-20-16(23)15-11(18)2-1-3-13(15)24-8-14(21)22/h1-6H,7-8H2,(H,20,23)(H,21,22). The van der Waals surface area contributed by atoms with Crippen molar-refractivity contribution < 1.29 is 28.2 Å². The number of carboxylic acid groups (broad SMARTS) is 1. The van der Waals surface area contributed by atoms with Crippen molar-refractivity contribution >= 4 is 27.8 Å². The topological polar surface area (TPSA) is 75.6 Å². The Morgan fingerprint density at radius 3 is 2.58 bits per heavy atom.